The lowest BCUT2D eigenvalue weighted by Crippen LogP contribution is -2.46. The summed E-state index contributed by atoms with van der Waals surface area (Å²) in [5.74, 6) is -0.171. The van der Waals surface area contributed by atoms with E-state index in [9.17, 15) is 13.6 Å². The molecule has 118 valence electrons. The SMILES string of the molecule is CCN(CC1CCCCN1)C(=O)c1cccn1CC(F)F. The van der Waals surface area contributed by atoms with Gasteiger partial charge in [0, 0.05) is 25.3 Å². The lowest BCUT2D eigenvalue weighted by atomic mass is 10.0. The summed E-state index contributed by atoms with van der Waals surface area (Å²) in [6.07, 6.45) is 2.48. The number of nitrogens with one attached hydrogen (secondary N) is 1. The Bertz CT molecular complexity index is 456. The van der Waals surface area contributed by atoms with Gasteiger partial charge >= 0.3 is 0 Å². The van der Waals surface area contributed by atoms with Crippen LogP contribution in [0.15, 0.2) is 18.3 Å². The Hall–Kier alpha value is -1.43. The van der Waals surface area contributed by atoms with Gasteiger partial charge in [0.25, 0.3) is 12.3 Å². The van der Waals surface area contributed by atoms with E-state index in [0.29, 0.717) is 24.8 Å². The maximum Gasteiger partial charge on any atom is 0.270 e. The molecular weight excluding hydrogens is 276 g/mol. The second-order valence-electron chi connectivity index (χ2n) is 5.43. The third-order valence-electron chi connectivity index (χ3n) is 3.91. The van der Waals surface area contributed by atoms with Crippen molar-refractivity contribution in [3.8, 4) is 0 Å². The van der Waals surface area contributed by atoms with E-state index in [4.69, 9.17) is 0 Å². The number of nitrogens with zero attached hydrogens (tertiary/aromatic N) is 2. The first-order chi connectivity index (χ1) is 10.1. The van der Waals surface area contributed by atoms with Crippen LogP contribution in [0.5, 0.6) is 0 Å². The van der Waals surface area contributed by atoms with Crippen LogP contribution in [0.4, 0.5) is 8.78 Å². The van der Waals surface area contributed by atoms with Crippen LogP contribution in [0.2, 0.25) is 0 Å². The molecular formula is C15H23F2N3O. The molecule has 1 N–H and O–H groups in total. The number of carbonyl (C=O) groups excluding carboxylic acids is 1. The molecule has 4 nitrogen and oxygen atoms in total. The summed E-state index contributed by atoms with van der Waals surface area (Å²) in [5, 5.41) is 3.41. The van der Waals surface area contributed by atoms with E-state index in [1.165, 1.54) is 23.6 Å². The topological polar surface area (TPSA) is 37.3 Å². The second-order valence-corrected chi connectivity index (χ2v) is 5.43. The summed E-state index contributed by atoms with van der Waals surface area (Å²) in [6.45, 7) is 3.68. The quantitative estimate of drug-likeness (QED) is 0.875. The van der Waals surface area contributed by atoms with E-state index in [0.717, 1.165) is 13.0 Å². The number of piperidine rings is 1. The van der Waals surface area contributed by atoms with Gasteiger partial charge in [-0.15, -0.1) is 0 Å². The smallest absolute Gasteiger partial charge is 0.270 e. The number of amides is 1. The molecule has 1 aromatic heterocycles. The molecule has 1 saturated heterocycles. The predicted molar refractivity (Wildman–Crippen MR) is 77.7 cm³/mol. The molecule has 6 heteroatoms. The minimum absolute atomic E-state index is 0.171. The lowest BCUT2D eigenvalue weighted by molar-refractivity contribution is 0.0721. The highest BCUT2D eigenvalue weighted by molar-refractivity contribution is 5.92. The number of alkyl halides is 2. The molecule has 0 radical (unpaired) electrons. The maximum atomic E-state index is 12.5. The first-order valence-electron chi connectivity index (χ1n) is 7.57. The highest BCUT2D eigenvalue weighted by Crippen LogP contribution is 2.13. The molecule has 1 aliphatic heterocycles. The van der Waals surface area contributed by atoms with Crippen molar-refractivity contribution in [2.75, 3.05) is 19.6 Å². The standard InChI is InChI=1S/C15H23F2N3O/c1-2-19(10-12-6-3-4-8-18-12)15(21)13-7-5-9-20(13)11-14(16)17/h5,7,9,12,14,18H,2-4,6,8,10-11H2,1H3. The number of carbonyl (C=O) groups is 1. The average molecular weight is 299 g/mol. The summed E-state index contributed by atoms with van der Waals surface area (Å²) in [4.78, 5) is 14.3. The predicted octanol–water partition coefficient (Wildman–Crippen LogP) is 2.36. The molecule has 0 spiro atoms. The molecule has 1 aliphatic rings. The molecule has 1 fully saturated rings. The third-order valence-corrected chi connectivity index (χ3v) is 3.91. The van der Waals surface area contributed by atoms with E-state index in [2.05, 4.69) is 5.32 Å². The fourth-order valence-corrected chi connectivity index (χ4v) is 2.78. The normalized spacial score (nSPS) is 19.0. The molecule has 0 aliphatic carbocycles. The van der Waals surface area contributed by atoms with E-state index in [1.807, 2.05) is 6.92 Å². The number of aromatic nitrogens is 1. The van der Waals surface area contributed by atoms with Crippen molar-refractivity contribution in [3.63, 3.8) is 0 Å². The van der Waals surface area contributed by atoms with Gasteiger partial charge in [-0.3, -0.25) is 4.79 Å². The number of hydrogen-bond donors (Lipinski definition) is 1. The van der Waals surface area contributed by atoms with Gasteiger partial charge in [0.05, 0.1) is 6.54 Å². The van der Waals surface area contributed by atoms with Crippen LogP contribution < -0.4 is 5.32 Å². The number of likely N-dealkylation sites (N-methyl/N-ethyl adjacent to an activating group) is 1. The summed E-state index contributed by atoms with van der Waals surface area (Å²) >= 11 is 0. The van der Waals surface area contributed by atoms with Crippen LogP contribution in [0.3, 0.4) is 0 Å². The lowest BCUT2D eigenvalue weighted by Gasteiger charge is -2.30. The number of halogens is 2. The van der Waals surface area contributed by atoms with Crippen LogP contribution in [0, 0.1) is 0 Å². The zero-order valence-electron chi connectivity index (χ0n) is 12.4. The molecule has 2 rings (SSSR count). The maximum absolute atomic E-state index is 12.5. The Morgan fingerprint density at radius 1 is 1.52 bits per heavy atom. The fraction of sp³-hybridized carbons (Fsp3) is 0.667. The van der Waals surface area contributed by atoms with Gasteiger partial charge in [-0.1, -0.05) is 6.42 Å². The number of hydrogen-bond acceptors (Lipinski definition) is 2. The molecule has 1 amide bonds. The van der Waals surface area contributed by atoms with Crippen LogP contribution in [-0.2, 0) is 6.54 Å². The van der Waals surface area contributed by atoms with Gasteiger partial charge in [-0.2, -0.15) is 0 Å². The molecule has 1 aromatic rings. The van der Waals surface area contributed by atoms with Crippen LogP contribution in [0.1, 0.15) is 36.7 Å². The molecule has 0 aromatic carbocycles. The van der Waals surface area contributed by atoms with Gasteiger partial charge in [-0.05, 0) is 38.4 Å². The van der Waals surface area contributed by atoms with Crippen molar-refractivity contribution in [1.29, 1.82) is 0 Å². The van der Waals surface area contributed by atoms with Gasteiger partial charge in [0.1, 0.15) is 5.69 Å². The van der Waals surface area contributed by atoms with E-state index in [1.54, 1.807) is 17.0 Å². The van der Waals surface area contributed by atoms with E-state index < -0.39 is 13.0 Å². The summed E-state index contributed by atoms with van der Waals surface area (Å²) in [7, 11) is 0. The largest absolute Gasteiger partial charge is 0.338 e. The molecule has 1 atom stereocenters. The van der Waals surface area contributed by atoms with Gasteiger partial charge < -0.3 is 14.8 Å². The van der Waals surface area contributed by atoms with Gasteiger partial charge in [0.15, 0.2) is 0 Å². The van der Waals surface area contributed by atoms with Crippen LogP contribution >= 0.6 is 0 Å². The molecule has 21 heavy (non-hydrogen) atoms. The second kappa shape index (κ2) is 7.54. The summed E-state index contributed by atoms with van der Waals surface area (Å²) < 4.78 is 26.4. The number of rotatable bonds is 6. The minimum atomic E-state index is -2.46. The highest BCUT2D eigenvalue weighted by Gasteiger charge is 2.22. The summed E-state index contributed by atoms with van der Waals surface area (Å²) in [6, 6.07) is 3.56. The Morgan fingerprint density at radius 3 is 2.95 bits per heavy atom. The molecule has 1 unspecified atom stereocenters. The summed E-state index contributed by atoms with van der Waals surface area (Å²) in [5.41, 5.74) is 0.341. The van der Waals surface area contributed by atoms with Crippen LogP contribution in [0.25, 0.3) is 0 Å². The van der Waals surface area contributed by atoms with Crippen LogP contribution in [-0.4, -0.2) is 47.5 Å². The first-order valence-corrected chi connectivity index (χ1v) is 7.57. The zero-order valence-corrected chi connectivity index (χ0v) is 12.4. The third kappa shape index (κ3) is 4.27. The Kier molecular flexibility index (Phi) is 5.73. The van der Waals surface area contributed by atoms with E-state index >= 15 is 0 Å². The van der Waals surface area contributed by atoms with Crippen molar-refractivity contribution in [3.05, 3.63) is 24.0 Å². The zero-order chi connectivity index (χ0) is 15.2. The van der Waals surface area contributed by atoms with Crippen molar-refractivity contribution >= 4 is 5.91 Å². The van der Waals surface area contributed by atoms with E-state index in [-0.39, 0.29) is 5.91 Å². The molecule has 0 saturated carbocycles. The van der Waals surface area contributed by atoms with Gasteiger partial charge in [-0.25, -0.2) is 8.78 Å². The monoisotopic (exact) mass is 299 g/mol. The average Bonchev–Trinajstić information content (AvgIpc) is 2.92. The highest BCUT2D eigenvalue weighted by atomic mass is 19.3. The minimum Gasteiger partial charge on any atom is -0.338 e. The molecule has 0 bridgehead atoms. The molecule has 2 heterocycles. The van der Waals surface area contributed by atoms with Crippen molar-refractivity contribution in [2.45, 2.75) is 45.2 Å². The van der Waals surface area contributed by atoms with Gasteiger partial charge in [0.2, 0.25) is 0 Å². The Labute approximate surface area is 124 Å². The van der Waals surface area contributed by atoms with Crippen molar-refractivity contribution < 1.29 is 13.6 Å². The first kappa shape index (κ1) is 15.9. The van der Waals surface area contributed by atoms with Crippen molar-refractivity contribution in [2.24, 2.45) is 0 Å². The Balaban J connectivity index is 2.03. The Morgan fingerprint density at radius 2 is 2.33 bits per heavy atom. The fourth-order valence-electron chi connectivity index (χ4n) is 2.78. The van der Waals surface area contributed by atoms with Crippen molar-refractivity contribution in [1.82, 2.24) is 14.8 Å².